The summed E-state index contributed by atoms with van der Waals surface area (Å²) >= 11 is 0. The second-order valence-corrected chi connectivity index (χ2v) is 5.22. The van der Waals surface area contributed by atoms with E-state index in [0.717, 1.165) is 0 Å². The van der Waals surface area contributed by atoms with Crippen molar-refractivity contribution in [2.24, 2.45) is 5.92 Å². The number of likely N-dealkylation sites (N-methyl/N-ethyl adjacent to an activating group) is 1. The number of rotatable bonds is 7. The second kappa shape index (κ2) is 8.39. The van der Waals surface area contributed by atoms with Gasteiger partial charge < -0.3 is 20.2 Å². The number of hydrogen-bond donors (Lipinski definition) is 2. The Morgan fingerprint density at radius 1 is 1.20 bits per heavy atom. The summed E-state index contributed by atoms with van der Waals surface area (Å²) in [6.07, 6.45) is 0.688. The van der Waals surface area contributed by atoms with E-state index in [-0.39, 0.29) is 18.4 Å². The number of nitrogens with one attached hydrogen (secondary N) is 1. The van der Waals surface area contributed by atoms with Gasteiger partial charge in [-0.1, -0.05) is 20.8 Å². The Balaban J connectivity index is 4.79. The summed E-state index contributed by atoms with van der Waals surface area (Å²) in [7, 11) is 3.22. The number of carbonyl (C=O) groups is 3. The summed E-state index contributed by atoms with van der Waals surface area (Å²) in [4.78, 5) is 37.6. The van der Waals surface area contributed by atoms with Gasteiger partial charge in [0.15, 0.2) is 0 Å². The van der Waals surface area contributed by atoms with E-state index in [2.05, 4.69) is 5.32 Å². The molecule has 0 aromatic carbocycles. The Bertz CT molecular complexity index is 356. The van der Waals surface area contributed by atoms with Gasteiger partial charge in [-0.25, -0.2) is 9.59 Å². The van der Waals surface area contributed by atoms with Crippen molar-refractivity contribution in [2.45, 2.75) is 33.2 Å². The highest BCUT2D eigenvalue weighted by atomic mass is 16.4. The molecule has 7 heteroatoms. The highest BCUT2D eigenvalue weighted by molar-refractivity contribution is 5.86. The van der Waals surface area contributed by atoms with E-state index >= 15 is 0 Å². The lowest BCUT2D eigenvalue weighted by molar-refractivity contribution is -0.140. The van der Waals surface area contributed by atoms with Gasteiger partial charge >= 0.3 is 12.0 Å². The minimum absolute atomic E-state index is 0.0584. The van der Waals surface area contributed by atoms with E-state index in [1.54, 1.807) is 27.9 Å². The van der Waals surface area contributed by atoms with Crippen molar-refractivity contribution in [1.29, 1.82) is 0 Å². The Kier molecular flexibility index (Phi) is 7.64. The normalized spacial score (nSPS) is 11.9. The fraction of sp³-hybridized carbons (Fsp3) is 0.769. The van der Waals surface area contributed by atoms with Crippen LogP contribution in [0.15, 0.2) is 0 Å². The first kappa shape index (κ1) is 18.2. The van der Waals surface area contributed by atoms with E-state index in [0.29, 0.717) is 13.0 Å². The van der Waals surface area contributed by atoms with Crippen LogP contribution in [0.4, 0.5) is 4.79 Å². The summed E-state index contributed by atoms with van der Waals surface area (Å²) in [5, 5.41) is 11.5. The van der Waals surface area contributed by atoms with E-state index in [1.807, 2.05) is 6.92 Å². The smallest absolute Gasteiger partial charge is 0.326 e. The van der Waals surface area contributed by atoms with Gasteiger partial charge in [0.1, 0.15) is 12.6 Å². The molecule has 116 valence electrons. The summed E-state index contributed by atoms with van der Waals surface area (Å²) < 4.78 is 0. The molecule has 0 fully saturated rings. The largest absolute Gasteiger partial charge is 0.480 e. The molecule has 0 aliphatic heterocycles. The van der Waals surface area contributed by atoms with Crippen LogP contribution >= 0.6 is 0 Å². The molecular weight excluding hydrogens is 262 g/mol. The molecule has 20 heavy (non-hydrogen) atoms. The quantitative estimate of drug-likeness (QED) is 0.717. The van der Waals surface area contributed by atoms with Crippen LogP contribution in [0.1, 0.15) is 27.2 Å². The monoisotopic (exact) mass is 287 g/mol. The maximum atomic E-state index is 12.1. The van der Waals surface area contributed by atoms with Crippen LogP contribution in [-0.2, 0) is 9.59 Å². The number of carboxylic acid groups (broad SMARTS) is 1. The predicted molar refractivity (Wildman–Crippen MR) is 75.4 cm³/mol. The highest BCUT2D eigenvalue weighted by Crippen LogP contribution is 2.04. The van der Waals surface area contributed by atoms with Gasteiger partial charge in [-0.2, -0.15) is 0 Å². The van der Waals surface area contributed by atoms with Gasteiger partial charge in [-0.05, 0) is 12.3 Å². The summed E-state index contributed by atoms with van der Waals surface area (Å²) in [6.45, 7) is 5.66. The molecule has 0 aliphatic rings. The van der Waals surface area contributed by atoms with Gasteiger partial charge in [0.05, 0.1) is 0 Å². The van der Waals surface area contributed by atoms with Crippen LogP contribution in [0.3, 0.4) is 0 Å². The van der Waals surface area contributed by atoms with Gasteiger partial charge in [0.25, 0.3) is 0 Å². The first-order valence-corrected chi connectivity index (χ1v) is 6.69. The number of hydrogen-bond acceptors (Lipinski definition) is 3. The highest BCUT2D eigenvalue weighted by Gasteiger charge is 2.26. The molecule has 0 radical (unpaired) electrons. The maximum absolute atomic E-state index is 12.1. The topological polar surface area (TPSA) is 90.0 Å². The van der Waals surface area contributed by atoms with Crippen LogP contribution in [0.25, 0.3) is 0 Å². The number of carboxylic acids is 1. The molecule has 0 aliphatic carbocycles. The van der Waals surface area contributed by atoms with Crippen LogP contribution in [-0.4, -0.2) is 66.0 Å². The molecule has 0 unspecified atom stereocenters. The van der Waals surface area contributed by atoms with Gasteiger partial charge in [-0.15, -0.1) is 0 Å². The van der Waals surface area contributed by atoms with Crippen molar-refractivity contribution in [3.63, 3.8) is 0 Å². The van der Waals surface area contributed by atoms with Crippen molar-refractivity contribution in [1.82, 2.24) is 15.1 Å². The van der Waals surface area contributed by atoms with Gasteiger partial charge in [0.2, 0.25) is 5.91 Å². The molecule has 3 amide bonds. The molecule has 0 rings (SSSR count). The molecule has 0 aromatic heterocycles. The van der Waals surface area contributed by atoms with Crippen molar-refractivity contribution in [3.8, 4) is 0 Å². The molecular formula is C13H25N3O4. The van der Waals surface area contributed by atoms with E-state index in [4.69, 9.17) is 5.11 Å². The number of urea groups is 1. The SMILES string of the molecule is CCCN(CC(=O)N(C)C)C(=O)N[C@@H](C(=O)O)C(C)C. The van der Waals surface area contributed by atoms with Crippen LogP contribution in [0.5, 0.6) is 0 Å². The fourth-order valence-electron chi connectivity index (χ4n) is 1.56. The standard InChI is InChI=1S/C13H25N3O4/c1-6-7-16(8-10(17)15(4)5)13(20)14-11(9(2)3)12(18)19/h9,11H,6-8H2,1-5H3,(H,14,20)(H,18,19)/t11-/m1/s1. The molecule has 0 heterocycles. The van der Waals surface area contributed by atoms with Crippen LogP contribution in [0.2, 0.25) is 0 Å². The zero-order valence-corrected chi connectivity index (χ0v) is 12.8. The zero-order chi connectivity index (χ0) is 15.9. The third kappa shape index (κ3) is 5.90. The van der Waals surface area contributed by atoms with Crippen molar-refractivity contribution < 1.29 is 19.5 Å². The molecule has 0 spiro atoms. The summed E-state index contributed by atoms with van der Waals surface area (Å²) in [5.74, 6) is -1.52. The van der Waals surface area contributed by atoms with Crippen molar-refractivity contribution in [2.75, 3.05) is 27.2 Å². The minimum Gasteiger partial charge on any atom is -0.480 e. The maximum Gasteiger partial charge on any atom is 0.326 e. The first-order chi connectivity index (χ1) is 9.20. The zero-order valence-electron chi connectivity index (χ0n) is 12.8. The third-order valence-corrected chi connectivity index (χ3v) is 2.82. The number of aliphatic carboxylic acids is 1. The minimum atomic E-state index is -1.08. The molecule has 0 saturated heterocycles. The Morgan fingerprint density at radius 2 is 1.75 bits per heavy atom. The molecule has 7 nitrogen and oxygen atoms in total. The van der Waals surface area contributed by atoms with E-state index in [9.17, 15) is 14.4 Å². The third-order valence-electron chi connectivity index (χ3n) is 2.82. The first-order valence-electron chi connectivity index (χ1n) is 6.69. The lowest BCUT2D eigenvalue weighted by atomic mass is 10.1. The van der Waals surface area contributed by atoms with Crippen LogP contribution in [0, 0.1) is 5.92 Å². The molecule has 0 aromatic rings. The van der Waals surface area contributed by atoms with E-state index in [1.165, 1.54) is 9.80 Å². The average molecular weight is 287 g/mol. The Morgan fingerprint density at radius 3 is 2.10 bits per heavy atom. The fourth-order valence-corrected chi connectivity index (χ4v) is 1.56. The number of carbonyl (C=O) groups excluding carboxylic acids is 2. The predicted octanol–water partition coefficient (Wildman–Crippen LogP) is 0.605. The summed E-state index contributed by atoms with van der Waals surface area (Å²) in [6, 6.07) is -1.49. The number of amides is 3. The Hall–Kier alpha value is -1.79. The lowest BCUT2D eigenvalue weighted by Gasteiger charge is -2.26. The van der Waals surface area contributed by atoms with Gasteiger partial charge in [-0.3, -0.25) is 4.79 Å². The second-order valence-electron chi connectivity index (χ2n) is 5.22. The van der Waals surface area contributed by atoms with Gasteiger partial charge in [0, 0.05) is 20.6 Å². The molecule has 2 N–H and O–H groups in total. The van der Waals surface area contributed by atoms with Crippen molar-refractivity contribution >= 4 is 17.9 Å². The molecule has 0 bridgehead atoms. The van der Waals surface area contributed by atoms with Crippen molar-refractivity contribution in [3.05, 3.63) is 0 Å². The Labute approximate surface area is 119 Å². The molecule has 0 saturated carbocycles. The molecule has 1 atom stereocenters. The van der Waals surface area contributed by atoms with E-state index < -0.39 is 18.0 Å². The lowest BCUT2D eigenvalue weighted by Crippen LogP contribution is -2.52. The number of nitrogens with zero attached hydrogens (tertiary/aromatic N) is 2. The average Bonchev–Trinajstić information content (AvgIpc) is 2.33. The van der Waals surface area contributed by atoms with Crippen LogP contribution < -0.4 is 5.32 Å². The summed E-state index contributed by atoms with van der Waals surface area (Å²) in [5.41, 5.74) is 0.